The van der Waals surface area contributed by atoms with E-state index < -0.39 is 11.6 Å². The Balaban J connectivity index is 1.53. The zero-order chi connectivity index (χ0) is 32.6. The van der Waals surface area contributed by atoms with E-state index in [-0.39, 0.29) is 46.2 Å². The number of ether oxygens (including phenoxy) is 2. The molecule has 0 bridgehead atoms. The van der Waals surface area contributed by atoms with E-state index in [1.165, 1.54) is 27.4 Å². The first-order valence-electron chi connectivity index (χ1n) is 15.2. The Kier molecular flexibility index (Phi) is 12.3. The number of benzene rings is 2. The quantitative estimate of drug-likeness (QED) is 0.129. The van der Waals surface area contributed by atoms with Crippen LogP contribution in [-0.4, -0.2) is 46.4 Å². The molecule has 0 aliphatic carbocycles. The third-order valence-electron chi connectivity index (χ3n) is 8.09. The molecule has 9 nitrogen and oxygen atoms in total. The van der Waals surface area contributed by atoms with Crippen LogP contribution in [0.3, 0.4) is 0 Å². The van der Waals surface area contributed by atoms with Crippen molar-refractivity contribution < 1.29 is 19.1 Å². The molecule has 2 heterocycles. The number of amidine groups is 1. The molecule has 1 aliphatic heterocycles. The molecule has 0 spiro atoms. The molecule has 1 saturated heterocycles. The SMILES string of the molecule is CCCCOC(=O)C(CC(C)c1ccccc1)CC(C)(CC)OC/N=C1\NN(c2c(Cl)cc(Cl)cc2Cl)C(=O)C1n1cccn1. The molecule has 3 aromatic rings. The van der Waals surface area contributed by atoms with E-state index >= 15 is 0 Å². The smallest absolute Gasteiger partial charge is 0.309 e. The molecule has 0 saturated carbocycles. The van der Waals surface area contributed by atoms with Crippen LogP contribution >= 0.6 is 34.8 Å². The predicted molar refractivity (Wildman–Crippen MR) is 179 cm³/mol. The van der Waals surface area contributed by atoms with E-state index in [0.717, 1.165) is 12.8 Å². The first-order chi connectivity index (χ1) is 21.6. The van der Waals surface area contributed by atoms with Gasteiger partial charge in [-0.1, -0.05) is 92.3 Å². The number of carbonyl (C=O) groups excluding carboxylic acids is 2. The van der Waals surface area contributed by atoms with Crippen molar-refractivity contribution in [1.29, 1.82) is 0 Å². The van der Waals surface area contributed by atoms with Gasteiger partial charge in [0.25, 0.3) is 5.91 Å². The minimum atomic E-state index is -0.896. The summed E-state index contributed by atoms with van der Waals surface area (Å²) in [6, 6.07) is 14.0. The first-order valence-corrected chi connectivity index (χ1v) is 16.3. The van der Waals surface area contributed by atoms with E-state index in [9.17, 15) is 9.59 Å². The second kappa shape index (κ2) is 15.9. The predicted octanol–water partition coefficient (Wildman–Crippen LogP) is 8.02. The first kappa shape index (κ1) is 34.8. The molecule has 1 amide bonds. The average Bonchev–Trinajstić information content (AvgIpc) is 3.64. The molecule has 12 heteroatoms. The summed E-state index contributed by atoms with van der Waals surface area (Å²) in [7, 11) is 0. The molecule has 1 aromatic heterocycles. The minimum absolute atomic E-state index is 0.0700. The molecule has 2 aromatic carbocycles. The molecule has 4 unspecified atom stereocenters. The Bertz CT molecular complexity index is 1450. The Morgan fingerprint density at radius 3 is 2.47 bits per heavy atom. The van der Waals surface area contributed by atoms with E-state index in [0.29, 0.717) is 36.7 Å². The van der Waals surface area contributed by atoms with Gasteiger partial charge in [0.15, 0.2) is 11.9 Å². The van der Waals surface area contributed by atoms with Crippen LogP contribution in [0.2, 0.25) is 15.1 Å². The van der Waals surface area contributed by atoms with Gasteiger partial charge in [0.05, 0.1) is 28.2 Å². The lowest BCUT2D eigenvalue weighted by Gasteiger charge is -2.32. The molecular weight excluding hydrogens is 637 g/mol. The number of hydrogen-bond donors (Lipinski definition) is 1. The summed E-state index contributed by atoms with van der Waals surface area (Å²) in [5.74, 6) is -0.515. The summed E-state index contributed by atoms with van der Waals surface area (Å²) < 4.78 is 13.6. The molecule has 242 valence electrons. The summed E-state index contributed by atoms with van der Waals surface area (Å²) in [5, 5.41) is 6.26. The number of hydrazine groups is 1. The van der Waals surface area contributed by atoms with Crippen LogP contribution in [0.1, 0.15) is 77.3 Å². The summed E-state index contributed by atoms with van der Waals surface area (Å²) in [6.07, 6.45) is 6.72. The zero-order valence-corrected chi connectivity index (χ0v) is 28.3. The van der Waals surface area contributed by atoms with Crippen LogP contribution in [0.15, 0.2) is 65.9 Å². The second-order valence-corrected chi connectivity index (χ2v) is 12.7. The molecular formula is C33H40Cl3N5O4. The number of anilines is 1. The van der Waals surface area contributed by atoms with Gasteiger partial charge in [0, 0.05) is 17.4 Å². The number of carbonyl (C=O) groups is 2. The maximum Gasteiger partial charge on any atom is 0.309 e. The fourth-order valence-electron chi connectivity index (χ4n) is 5.30. The van der Waals surface area contributed by atoms with Gasteiger partial charge in [0.1, 0.15) is 12.4 Å². The number of unbranched alkanes of at least 4 members (excludes halogenated alkanes) is 1. The molecule has 1 N–H and O–H groups in total. The van der Waals surface area contributed by atoms with Crippen molar-refractivity contribution in [3.63, 3.8) is 0 Å². The highest BCUT2D eigenvalue weighted by Crippen LogP contribution is 2.39. The van der Waals surface area contributed by atoms with Gasteiger partial charge >= 0.3 is 5.97 Å². The van der Waals surface area contributed by atoms with Gasteiger partial charge in [-0.3, -0.25) is 19.7 Å². The van der Waals surface area contributed by atoms with Crippen LogP contribution in [0.4, 0.5) is 5.69 Å². The average molecular weight is 677 g/mol. The van der Waals surface area contributed by atoms with Crippen LogP contribution in [-0.2, 0) is 19.1 Å². The van der Waals surface area contributed by atoms with Crippen molar-refractivity contribution >= 4 is 58.2 Å². The molecule has 1 fully saturated rings. The number of amides is 1. The van der Waals surface area contributed by atoms with Crippen LogP contribution in [0, 0.1) is 5.92 Å². The highest BCUT2D eigenvalue weighted by Gasteiger charge is 2.42. The number of nitrogens with one attached hydrogen (secondary N) is 1. The zero-order valence-electron chi connectivity index (χ0n) is 26.0. The van der Waals surface area contributed by atoms with Gasteiger partial charge in [-0.05, 0) is 62.3 Å². The van der Waals surface area contributed by atoms with Crippen molar-refractivity contribution in [2.45, 2.75) is 77.4 Å². The number of hydrogen-bond acceptors (Lipinski definition) is 6. The molecule has 1 aliphatic rings. The number of aliphatic imine (C=N–C) groups is 1. The van der Waals surface area contributed by atoms with Crippen molar-refractivity contribution in [3.8, 4) is 0 Å². The summed E-state index contributed by atoms with van der Waals surface area (Å²) in [5.41, 5.74) is 3.77. The lowest BCUT2D eigenvalue weighted by molar-refractivity contribution is -0.152. The highest BCUT2D eigenvalue weighted by molar-refractivity contribution is 6.43. The van der Waals surface area contributed by atoms with Crippen LogP contribution < -0.4 is 10.4 Å². The van der Waals surface area contributed by atoms with Gasteiger partial charge in [-0.15, -0.1) is 0 Å². The number of esters is 1. The molecule has 4 rings (SSSR count). The maximum absolute atomic E-state index is 13.6. The Hall–Kier alpha value is -3.11. The van der Waals surface area contributed by atoms with Crippen molar-refractivity contribution in [3.05, 3.63) is 81.6 Å². The number of halogens is 3. The van der Waals surface area contributed by atoms with Crippen LogP contribution in [0.5, 0.6) is 0 Å². The Labute approximate surface area is 279 Å². The van der Waals surface area contributed by atoms with E-state index in [1.54, 1.807) is 18.5 Å². The summed E-state index contributed by atoms with van der Waals surface area (Å²) in [6.45, 7) is 8.51. The van der Waals surface area contributed by atoms with Crippen molar-refractivity contribution in [1.82, 2.24) is 15.2 Å². The number of rotatable bonds is 15. The molecule has 45 heavy (non-hydrogen) atoms. The van der Waals surface area contributed by atoms with Crippen LogP contribution in [0.25, 0.3) is 0 Å². The Morgan fingerprint density at radius 1 is 1.13 bits per heavy atom. The number of nitrogens with zero attached hydrogens (tertiary/aromatic N) is 4. The molecule has 0 radical (unpaired) electrons. The van der Waals surface area contributed by atoms with Crippen molar-refractivity contribution in [2.24, 2.45) is 10.9 Å². The highest BCUT2D eigenvalue weighted by atomic mass is 35.5. The van der Waals surface area contributed by atoms with Gasteiger partial charge in [-0.25, -0.2) is 10.0 Å². The molecule has 4 atom stereocenters. The van der Waals surface area contributed by atoms with Crippen molar-refractivity contribution in [2.75, 3.05) is 18.3 Å². The summed E-state index contributed by atoms with van der Waals surface area (Å²) in [4.78, 5) is 31.6. The standard InChI is InChI=1S/C33H40Cl3N5O4/c1-5-7-16-44-32(43)24(17-22(3)23-12-9-8-10-13-23)20-33(4,6-2)45-21-37-30-29(40-15-11-14-38-40)31(42)41(39-30)28-26(35)18-25(34)19-27(28)36/h8-15,18-19,22,24,29H,5-7,16-17,20-21H2,1-4H3,(H,37,39). The van der Waals surface area contributed by atoms with E-state index in [4.69, 9.17) is 44.3 Å². The second-order valence-electron chi connectivity index (χ2n) is 11.5. The maximum atomic E-state index is 13.6. The van der Waals surface area contributed by atoms with E-state index in [1.807, 2.05) is 32.0 Å². The Morgan fingerprint density at radius 2 is 1.84 bits per heavy atom. The van der Waals surface area contributed by atoms with E-state index in [2.05, 4.69) is 41.5 Å². The minimum Gasteiger partial charge on any atom is -0.465 e. The largest absolute Gasteiger partial charge is 0.465 e. The number of aromatic nitrogens is 2. The monoisotopic (exact) mass is 675 g/mol. The summed E-state index contributed by atoms with van der Waals surface area (Å²) >= 11 is 19.0. The third kappa shape index (κ3) is 8.79. The van der Waals surface area contributed by atoms with Gasteiger partial charge < -0.3 is 9.47 Å². The lowest BCUT2D eigenvalue weighted by atomic mass is 9.82. The van der Waals surface area contributed by atoms with Gasteiger partial charge in [0.2, 0.25) is 0 Å². The lowest BCUT2D eigenvalue weighted by Crippen LogP contribution is -2.37. The third-order valence-corrected chi connectivity index (χ3v) is 8.89. The normalized spacial score (nSPS) is 18.5. The van der Waals surface area contributed by atoms with Gasteiger partial charge in [-0.2, -0.15) is 5.10 Å². The fourth-order valence-corrected chi connectivity index (χ4v) is 6.29. The topological polar surface area (TPSA) is 98.0 Å². The fraction of sp³-hybridized carbons (Fsp3) is 0.455.